The fourth-order valence-electron chi connectivity index (χ4n) is 19.4. The SMILES string of the molecule is [2H]c1c([2H])c([2H])c(-c2c([2H])c([2H])c3c(c2[2H])N(c2c(-c4ccccc4)cc(C(C)(C)C)cc2-c2cccc(C(C)(C)C)c2)c2cc(C(C)(C)C)cc4c2B3c2c3c5c(c([2H])c2N4c2c(-c4ccccc4)cc(C(C)(C)C)cc2-c2cccc(C(C)(C)C)c2)-n2c4c([2H])c([2H])c([2H])c([2H])c4c4c(-c6ccccc6)c([2H])c6c(c42)B5c2c(c([2H])c(-c4ccccc4)c([2H])c2N6c2ccccc2)O3)c([2H])c1[2H]. The molecule has 6 heterocycles. The average Bonchev–Trinajstić information content (AvgIpc) is 1.60. The van der Waals surface area contributed by atoms with E-state index in [0.717, 1.165) is 61.2 Å². The van der Waals surface area contributed by atoms with Gasteiger partial charge in [-0.3, -0.25) is 0 Å². The summed E-state index contributed by atoms with van der Waals surface area (Å²) in [5.74, 6) is 0.0338. The Morgan fingerprint density at radius 3 is 1.26 bits per heavy atom. The molecule has 7 heteroatoms. The van der Waals surface area contributed by atoms with E-state index in [9.17, 15) is 20.6 Å². The first-order valence-corrected chi connectivity index (χ1v) is 42.7. The number of para-hydroxylation sites is 2. The molecule has 0 saturated carbocycles. The number of ether oxygens (including phenoxy) is 1. The minimum absolute atomic E-state index is 0.00324. The maximum absolute atomic E-state index is 12.9. The van der Waals surface area contributed by atoms with Gasteiger partial charge in [0.1, 0.15) is 11.5 Å². The number of hydrogen-bond donors (Lipinski definition) is 0. The third-order valence-electron chi connectivity index (χ3n) is 25.7. The van der Waals surface area contributed by atoms with Crippen LogP contribution in [0, 0.1) is 0 Å². The molecule has 22 rings (SSSR count). The van der Waals surface area contributed by atoms with Crippen LogP contribution in [0.2, 0.25) is 0 Å². The first kappa shape index (κ1) is 60.2. The Labute approximate surface area is 748 Å². The van der Waals surface area contributed by atoms with Gasteiger partial charge in [0, 0.05) is 78.5 Å². The van der Waals surface area contributed by atoms with E-state index in [2.05, 4.69) is 223 Å². The van der Waals surface area contributed by atoms with Gasteiger partial charge in [0.2, 0.25) is 0 Å². The van der Waals surface area contributed by atoms with Crippen LogP contribution in [0.5, 0.6) is 11.5 Å². The summed E-state index contributed by atoms with van der Waals surface area (Å²) in [7, 11) is 0. The molecule has 5 aliphatic rings. The molecule has 0 aliphatic carbocycles. The normalized spacial score (nSPS) is 15.5. The Balaban J connectivity index is 1.05. The number of aromatic nitrogens is 1. The van der Waals surface area contributed by atoms with Crippen molar-refractivity contribution in [3.8, 4) is 95.1 Å². The summed E-state index contributed by atoms with van der Waals surface area (Å²) in [6.45, 7) is 29.8. The van der Waals surface area contributed by atoms with Crippen LogP contribution >= 0.6 is 0 Å². The molecule has 1 aromatic heterocycles. The maximum Gasteiger partial charge on any atom is 0.261 e. The van der Waals surface area contributed by atoms with Crippen LogP contribution in [-0.4, -0.2) is 18.0 Å². The zero-order valence-electron chi connectivity index (χ0n) is 87.9. The van der Waals surface area contributed by atoms with E-state index in [-0.39, 0.29) is 97.0 Å². The Morgan fingerprint density at radius 2 is 0.724 bits per heavy atom. The van der Waals surface area contributed by atoms with Crippen molar-refractivity contribution in [2.24, 2.45) is 0 Å². The summed E-state index contributed by atoms with van der Waals surface area (Å²) in [6.07, 6.45) is 0. The Kier molecular flexibility index (Phi) is 13.5. The van der Waals surface area contributed by atoms with Crippen LogP contribution in [0.15, 0.2) is 333 Å². The number of anilines is 9. The molecule has 16 aromatic carbocycles. The third-order valence-corrected chi connectivity index (χ3v) is 25.7. The van der Waals surface area contributed by atoms with Crippen molar-refractivity contribution in [3.05, 3.63) is 361 Å². The molecule has 0 amide bonds. The van der Waals surface area contributed by atoms with E-state index in [1.54, 1.807) is 0 Å². The van der Waals surface area contributed by atoms with Crippen LogP contribution in [0.3, 0.4) is 0 Å². The lowest BCUT2D eigenvalue weighted by molar-refractivity contribution is 0.491. The third kappa shape index (κ3) is 12.0. The van der Waals surface area contributed by atoms with E-state index in [4.69, 9.17) is 6.11 Å². The van der Waals surface area contributed by atoms with Gasteiger partial charge in [0.25, 0.3) is 13.4 Å². The highest BCUT2D eigenvalue weighted by Gasteiger charge is 2.55. The van der Waals surface area contributed by atoms with Gasteiger partial charge in [-0.25, -0.2) is 0 Å². The second-order valence-electron chi connectivity index (χ2n) is 38.7. The summed E-state index contributed by atoms with van der Waals surface area (Å²) >= 11 is 0. The summed E-state index contributed by atoms with van der Waals surface area (Å²) in [5, 5.41) is 0.370. The average molecular weight is 1600 g/mol. The minimum Gasteiger partial charge on any atom is -0.459 e. The predicted molar refractivity (Wildman–Crippen MR) is 526 cm³/mol. The fourth-order valence-corrected chi connectivity index (χ4v) is 19.4. The molecule has 123 heavy (non-hydrogen) atoms. The van der Waals surface area contributed by atoms with Crippen molar-refractivity contribution >= 4 is 119 Å². The summed E-state index contributed by atoms with van der Waals surface area (Å²) < 4.78 is 182. The lowest BCUT2D eigenvalue weighted by atomic mass is 9.29. The molecule has 0 bridgehead atoms. The highest BCUT2D eigenvalue weighted by Crippen LogP contribution is 2.59. The van der Waals surface area contributed by atoms with Crippen LogP contribution < -0.4 is 52.2 Å². The van der Waals surface area contributed by atoms with Gasteiger partial charge < -0.3 is 24.0 Å². The summed E-state index contributed by atoms with van der Waals surface area (Å²) in [6, 6.07) is 71.1. The molecule has 5 aliphatic heterocycles. The van der Waals surface area contributed by atoms with Crippen molar-refractivity contribution in [2.45, 2.75) is 131 Å². The second kappa shape index (κ2) is 27.6. The van der Waals surface area contributed by atoms with Crippen molar-refractivity contribution in [1.29, 1.82) is 0 Å². The summed E-state index contributed by atoms with van der Waals surface area (Å²) in [5.41, 5.74) is 14.0. The Hall–Kier alpha value is -13.4. The first-order chi connectivity index (χ1) is 65.9. The molecule has 0 fully saturated rings. The molecular formula is C116H100B2N4O. The largest absolute Gasteiger partial charge is 0.459 e. The second-order valence-corrected chi connectivity index (χ2v) is 38.7. The van der Waals surface area contributed by atoms with Gasteiger partial charge in [0.05, 0.1) is 44.3 Å². The number of hydrogen-bond acceptors (Lipinski definition) is 4. The van der Waals surface area contributed by atoms with Gasteiger partial charge in [-0.1, -0.05) is 352 Å². The monoisotopic (exact) mass is 1600 g/mol. The van der Waals surface area contributed by atoms with Crippen molar-refractivity contribution in [1.82, 2.24) is 4.57 Å². The Bertz CT molecular complexity index is 8230. The Morgan fingerprint density at radius 1 is 0.285 bits per heavy atom. The fraction of sp³-hybridized carbons (Fsp3) is 0.172. The summed E-state index contributed by atoms with van der Waals surface area (Å²) in [4.78, 5) is 6.18. The molecule has 17 aromatic rings. The van der Waals surface area contributed by atoms with E-state index < -0.39 is 124 Å². The first-order valence-electron chi connectivity index (χ1n) is 50.7. The van der Waals surface area contributed by atoms with Gasteiger partial charge in [0.15, 0.2) is 0 Å². The topological polar surface area (TPSA) is 23.9 Å². The van der Waals surface area contributed by atoms with Crippen molar-refractivity contribution < 1.29 is 26.7 Å². The van der Waals surface area contributed by atoms with Gasteiger partial charge in [-0.05, 0) is 228 Å². The molecule has 596 valence electrons. The number of nitrogens with zero attached hydrogens (tertiary/aromatic N) is 4. The highest BCUT2D eigenvalue weighted by molar-refractivity contribution is 7.05. The van der Waals surface area contributed by atoms with Crippen LogP contribution in [0.25, 0.3) is 105 Å². The molecular weight excluding hydrogens is 1490 g/mol. The van der Waals surface area contributed by atoms with Crippen LogP contribution in [0.4, 0.5) is 51.2 Å². The molecule has 5 nitrogen and oxygen atoms in total. The zero-order chi connectivity index (χ0) is 98.2. The molecule has 0 unspecified atom stereocenters. The van der Waals surface area contributed by atoms with E-state index in [1.807, 2.05) is 137 Å². The van der Waals surface area contributed by atoms with Crippen LogP contribution in [-0.2, 0) is 27.1 Å². The molecule has 0 saturated heterocycles. The molecule has 0 spiro atoms. The standard InChI is InChI=1S/C116H100B2N4O/c1-112(2,3)80-50-36-48-77(58-80)90-65-82(114(7,8)9)63-88(74-44-28-19-29-45-74)108(90)121-94-60-76(71-38-22-16-23-39-71)56-57-92(94)117-103-96(121)67-84(116(13,14)15)68-97(103)122(109-89(75-46-30-20-31-47-75)64-83(115(10,11)12)66-91(109)78-49-37-51-81(59-78)113(4,5)6)99-70-100-107-111(106(99)117)123-101-62-79(72-40-24-17-25-41-72)61-95-104(101)118(107)105-98(119(95)85-52-32-21-33-53-85)69-87(73-42-26-18-27-43-73)102-86-54-34-35-55-93(86)120(100)110(102)105/h16-70H,1-15H3/i16D,22D,23D,34D,35D,38D,39D,54D,55D,56D,57D,60D,61D,62D,69D,70D. The maximum atomic E-state index is 12.9. The number of benzene rings is 16. The number of rotatable bonds is 10. The minimum atomic E-state index is -1.51. The molecule has 0 atom stereocenters. The van der Waals surface area contributed by atoms with E-state index in [0.29, 0.717) is 83.5 Å². The lowest BCUT2D eigenvalue weighted by Crippen LogP contribution is -2.67. The lowest BCUT2D eigenvalue weighted by Gasteiger charge is -2.49. The predicted octanol–water partition coefficient (Wildman–Crippen LogP) is 27.7. The van der Waals surface area contributed by atoms with Gasteiger partial charge in [-0.2, -0.15) is 0 Å². The number of fused-ring (bicyclic) bond motifs is 9. The quantitative estimate of drug-likeness (QED) is 0.127. The van der Waals surface area contributed by atoms with E-state index in [1.165, 1.54) is 0 Å². The van der Waals surface area contributed by atoms with Crippen LogP contribution in [0.1, 0.15) is 154 Å². The van der Waals surface area contributed by atoms with Gasteiger partial charge >= 0.3 is 0 Å². The smallest absolute Gasteiger partial charge is 0.261 e. The van der Waals surface area contributed by atoms with Crippen molar-refractivity contribution in [3.63, 3.8) is 0 Å². The van der Waals surface area contributed by atoms with E-state index >= 15 is 0 Å². The molecule has 0 radical (unpaired) electrons. The zero-order valence-corrected chi connectivity index (χ0v) is 71.9. The van der Waals surface area contributed by atoms with Gasteiger partial charge in [-0.15, -0.1) is 0 Å². The highest BCUT2D eigenvalue weighted by atomic mass is 16.5. The van der Waals surface area contributed by atoms with Crippen molar-refractivity contribution in [2.75, 3.05) is 14.7 Å². The molecule has 0 N–H and O–H groups in total.